The predicted molar refractivity (Wildman–Crippen MR) is 178 cm³/mol. The standard InChI is InChI=1S/C33H52I2O6/c1-6-31(4,34)28(36)40-21-38-19-25-13-23-9-8-12-33(16-23,17-25)27-11-10-24-14-26(27)18-30(3,15-24)20-39-22-41-29(37)32(5,35)7-2/h13,24-27H,6-12,14-22H2,1-5H3. The molecule has 0 saturated heterocycles. The molecule has 0 amide bonds. The molecular weight excluding hydrogens is 746 g/mol. The minimum Gasteiger partial charge on any atom is -0.437 e. The van der Waals surface area contributed by atoms with Crippen molar-refractivity contribution in [3.8, 4) is 0 Å². The van der Waals surface area contributed by atoms with Gasteiger partial charge in [-0.05, 0) is 113 Å². The molecule has 8 unspecified atom stereocenters. The smallest absolute Gasteiger partial charge is 0.323 e. The average molecular weight is 799 g/mol. The van der Waals surface area contributed by atoms with Crippen LogP contribution in [0.1, 0.15) is 112 Å². The predicted octanol–water partition coefficient (Wildman–Crippen LogP) is 8.57. The van der Waals surface area contributed by atoms with Crippen LogP contribution in [0, 0.1) is 34.5 Å². The van der Waals surface area contributed by atoms with Crippen molar-refractivity contribution in [3.63, 3.8) is 0 Å². The number of carbonyl (C=O) groups excluding carboxylic acids is 2. The first kappa shape index (κ1) is 33.9. The topological polar surface area (TPSA) is 71.1 Å². The molecular formula is C33H52I2O6. The zero-order valence-corrected chi connectivity index (χ0v) is 30.2. The van der Waals surface area contributed by atoms with E-state index in [4.69, 9.17) is 18.9 Å². The molecule has 0 aliphatic heterocycles. The molecule has 3 saturated carbocycles. The molecule has 0 aromatic heterocycles. The number of halogens is 2. The quantitative estimate of drug-likeness (QED) is 0.0465. The van der Waals surface area contributed by atoms with Crippen LogP contribution in [0.5, 0.6) is 0 Å². The number of rotatable bonds is 13. The number of alkyl halides is 2. The first-order valence-electron chi connectivity index (χ1n) is 15.9. The van der Waals surface area contributed by atoms with Crippen LogP contribution in [-0.4, -0.2) is 45.6 Å². The van der Waals surface area contributed by atoms with Gasteiger partial charge in [-0.3, -0.25) is 9.59 Å². The van der Waals surface area contributed by atoms with Crippen molar-refractivity contribution in [1.29, 1.82) is 0 Å². The lowest BCUT2D eigenvalue weighted by Gasteiger charge is -2.57. The molecule has 8 atom stereocenters. The minimum atomic E-state index is -0.497. The van der Waals surface area contributed by atoms with E-state index in [0.29, 0.717) is 24.5 Å². The molecule has 8 heteroatoms. The van der Waals surface area contributed by atoms with Crippen LogP contribution >= 0.6 is 45.2 Å². The highest BCUT2D eigenvalue weighted by molar-refractivity contribution is 14.1. The maximum atomic E-state index is 12.4. The highest BCUT2D eigenvalue weighted by Crippen LogP contribution is 2.62. The van der Waals surface area contributed by atoms with E-state index >= 15 is 0 Å². The summed E-state index contributed by atoms with van der Waals surface area (Å²) in [6.07, 6.45) is 16.7. The normalized spacial score (nSPS) is 35.9. The highest BCUT2D eigenvalue weighted by atomic mass is 127. The number of esters is 2. The maximum absolute atomic E-state index is 12.4. The van der Waals surface area contributed by atoms with Gasteiger partial charge in [0.1, 0.15) is 6.84 Å². The van der Waals surface area contributed by atoms with Crippen LogP contribution in [0.2, 0.25) is 0 Å². The number of ether oxygens (including phenoxy) is 4. The van der Waals surface area contributed by atoms with Gasteiger partial charge in [-0.15, -0.1) is 0 Å². The number of carbonyl (C=O) groups is 2. The molecule has 3 fully saturated rings. The van der Waals surface area contributed by atoms with E-state index in [1.807, 2.05) is 27.7 Å². The maximum Gasteiger partial charge on any atom is 0.323 e. The molecule has 4 aliphatic carbocycles. The van der Waals surface area contributed by atoms with Crippen molar-refractivity contribution in [1.82, 2.24) is 0 Å². The van der Waals surface area contributed by atoms with Gasteiger partial charge in [0.15, 0.2) is 13.6 Å². The summed E-state index contributed by atoms with van der Waals surface area (Å²) in [7, 11) is 0. The lowest BCUT2D eigenvalue weighted by molar-refractivity contribution is -0.163. The van der Waals surface area contributed by atoms with Gasteiger partial charge >= 0.3 is 11.9 Å². The van der Waals surface area contributed by atoms with Gasteiger partial charge in [0.2, 0.25) is 0 Å². The molecule has 4 aliphatic rings. The molecule has 0 spiro atoms. The van der Waals surface area contributed by atoms with Crippen LogP contribution in [0.25, 0.3) is 0 Å². The molecule has 0 radical (unpaired) electrons. The third-order valence-corrected chi connectivity index (χ3v) is 13.2. The Kier molecular flexibility index (Phi) is 11.6. The van der Waals surface area contributed by atoms with Crippen LogP contribution in [0.3, 0.4) is 0 Å². The Balaban J connectivity index is 1.33. The fraction of sp³-hybridized carbons (Fsp3) is 0.879. The summed E-state index contributed by atoms with van der Waals surface area (Å²) in [5, 5.41) is 0. The Morgan fingerprint density at radius 3 is 2.29 bits per heavy atom. The number of allylic oxidation sites excluding steroid dienone is 1. The summed E-state index contributed by atoms with van der Waals surface area (Å²) in [5.74, 6) is 2.26. The van der Waals surface area contributed by atoms with Crippen LogP contribution in [0.15, 0.2) is 11.6 Å². The first-order valence-corrected chi connectivity index (χ1v) is 18.0. The second-order valence-corrected chi connectivity index (χ2v) is 19.1. The zero-order valence-electron chi connectivity index (χ0n) is 25.9. The van der Waals surface area contributed by atoms with Gasteiger partial charge in [-0.25, -0.2) is 0 Å². The van der Waals surface area contributed by atoms with Crippen molar-refractivity contribution >= 4 is 57.1 Å². The second-order valence-electron chi connectivity index (χ2n) is 14.4. The third-order valence-electron chi connectivity index (χ3n) is 10.8. The monoisotopic (exact) mass is 798 g/mol. The number of fused-ring (bicyclic) bond motifs is 4. The average Bonchev–Trinajstić information content (AvgIpc) is 2.92. The largest absolute Gasteiger partial charge is 0.437 e. The number of hydrogen-bond acceptors (Lipinski definition) is 6. The Labute approximate surface area is 275 Å². The third kappa shape index (κ3) is 8.41. The van der Waals surface area contributed by atoms with Gasteiger partial charge in [-0.2, -0.15) is 0 Å². The lowest BCUT2D eigenvalue weighted by Crippen LogP contribution is -2.48. The van der Waals surface area contributed by atoms with Gasteiger partial charge < -0.3 is 18.9 Å². The molecule has 0 heterocycles. The zero-order chi connectivity index (χ0) is 29.9. The fourth-order valence-electron chi connectivity index (χ4n) is 8.48. The Morgan fingerprint density at radius 2 is 1.63 bits per heavy atom. The summed E-state index contributed by atoms with van der Waals surface area (Å²) in [6.45, 7) is 11.6. The van der Waals surface area contributed by atoms with Gasteiger partial charge in [-0.1, -0.05) is 84.0 Å². The van der Waals surface area contributed by atoms with Crippen molar-refractivity contribution in [2.24, 2.45) is 34.5 Å². The van der Waals surface area contributed by atoms with E-state index in [0.717, 1.165) is 30.6 Å². The lowest BCUT2D eigenvalue weighted by atomic mass is 9.48. The van der Waals surface area contributed by atoms with Crippen molar-refractivity contribution < 1.29 is 28.5 Å². The Morgan fingerprint density at radius 1 is 0.976 bits per heavy atom. The summed E-state index contributed by atoms with van der Waals surface area (Å²) >= 11 is 4.34. The van der Waals surface area contributed by atoms with Crippen molar-refractivity contribution in [3.05, 3.63) is 11.6 Å². The minimum absolute atomic E-state index is 0.0427. The molecule has 0 aromatic carbocycles. The summed E-state index contributed by atoms with van der Waals surface area (Å²) < 4.78 is 21.9. The summed E-state index contributed by atoms with van der Waals surface area (Å²) in [5.41, 5.74) is 2.12. The van der Waals surface area contributed by atoms with Gasteiger partial charge in [0, 0.05) is 5.92 Å². The summed E-state index contributed by atoms with van der Waals surface area (Å²) in [4.78, 5) is 24.7. The van der Waals surface area contributed by atoms with Gasteiger partial charge in [0.05, 0.1) is 13.2 Å². The molecule has 234 valence electrons. The Bertz CT molecular complexity index is 963. The van der Waals surface area contributed by atoms with Gasteiger partial charge in [0.25, 0.3) is 0 Å². The van der Waals surface area contributed by atoms with Crippen LogP contribution < -0.4 is 0 Å². The molecule has 4 bridgehead atoms. The van der Waals surface area contributed by atoms with Crippen molar-refractivity contribution in [2.75, 3.05) is 26.8 Å². The van der Waals surface area contributed by atoms with Crippen LogP contribution in [0.4, 0.5) is 0 Å². The summed E-state index contributed by atoms with van der Waals surface area (Å²) in [6, 6.07) is 0. The molecule has 0 aromatic rings. The molecule has 6 nitrogen and oxygen atoms in total. The van der Waals surface area contributed by atoms with Crippen molar-refractivity contribution in [2.45, 2.75) is 119 Å². The fourth-order valence-corrected chi connectivity index (χ4v) is 8.79. The van der Waals surface area contributed by atoms with E-state index in [-0.39, 0.29) is 30.9 Å². The van der Waals surface area contributed by atoms with E-state index in [9.17, 15) is 9.59 Å². The number of hydrogen-bond donors (Lipinski definition) is 0. The van der Waals surface area contributed by atoms with E-state index in [1.54, 1.807) is 5.57 Å². The molecule has 41 heavy (non-hydrogen) atoms. The molecule has 4 rings (SSSR count). The van der Waals surface area contributed by atoms with E-state index in [2.05, 4.69) is 58.2 Å². The highest BCUT2D eigenvalue weighted by Gasteiger charge is 2.52. The van der Waals surface area contributed by atoms with E-state index in [1.165, 1.54) is 64.2 Å². The second kappa shape index (κ2) is 14.0. The van der Waals surface area contributed by atoms with Crippen LogP contribution in [-0.2, 0) is 28.5 Å². The molecule has 0 N–H and O–H groups in total. The SMILES string of the molecule is CCC(C)(I)C(=O)OCOCC1C=C2CCCC(C3CCC4CC3CC(C)(COCOC(=O)C(C)(I)CC)C4)(C2)C1. The van der Waals surface area contributed by atoms with E-state index < -0.39 is 6.84 Å². The Hall–Kier alpha value is 0.0600. The first-order chi connectivity index (χ1) is 19.3.